The first-order chi connectivity index (χ1) is 18.9. The highest BCUT2D eigenvalue weighted by Gasteiger charge is 2.24. The van der Waals surface area contributed by atoms with Crippen LogP contribution in [0.5, 0.6) is 0 Å². The summed E-state index contributed by atoms with van der Waals surface area (Å²) in [6.45, 7) is 4.37. The first-order valence-corrected chi connectivity index (χ1v) is 14.1. The van der Waals surface area contributed by atoms with Crippen LogP contribution in [0.1, 0.15) is 27.6 Å². The summed E-state index contributed by atoms with van der Waals surface area (Å²) in [5, 5.41) is 0.730. The lowest BCUT2D eigenvalue weighted by Crippen LogP contribution is -2.48. The molecule has 0 saturated carbocycles. The van der Waals surface area contributed by atoms with Gasteiger partial charge in [-0.15, -0.1) is 0 Å². The third kappa shape index (κ3) is 5.70. The zero-order valence-electron chi connectivity index (χ0n) is 21.4. The molecular weight excluding hydrogens is 516 g/mol. The fraction of sp³-hybridized carbons (Fsp3) is 0.207. The molecule has 0 bridgehead atoms. The van der Waals surface area contributed by atoms with Crippen molar-refractivity contribution in [3.63, 3.8) is 0 Å². The summed E-state index contributed by atoms with van der Waals surface area (Å²) in [6, 6.07) is 22.3. The van der Waals surface area contributed by atoms with Crippen LogP contribution in [-0.4, -0.2) is 63.0 Å². The van der Waals surface area contributed by atoms with Crippen LogP contribution in [0, 0.1) is 0 Å². The first-order valence-electron chi connectivity index (χ1n) is 12.6. The van der Waals surface area contributed by atoms with E-state index in [-0.39, 0.29) is 16.8 Å². The number of esters is 1. The molecule has 10 heteroatoms. The SMILES string of the molecule is CCOC(=O)c1cccc(N2CCN(C(=O)c3ccc(NS(=O)(=O)c4cccc5cccnc45)cc3)CC2)c1. The van der Waals surface area contributed by atoms with Crippen molar-refractivity contribution >= 4 is 44.2 Å². The number of amides is 1. The molecule has 5 rings (SSSR count). The number of rotatable bonds is 7. The Morgan fingerprint density at radius 2 is 1.62 bits per heavy atom. The number of benzene rings is 3. The molecule has 1 amide bonds. The average molecular weight is 545 g/mol. The first kappa shape index (κ1) is 26.2. The van der Waals surface area contributed by atoms with E-state index in [2.05, 4.69) is 14.6 Å². The topological polar surface area (TPSA) is 109 Å². The molecule has 0 aliphatic carbocycles. The number of sulfonamides is 1. The number of nitrogens with zero attached hydrogens (tertiary/aromatic N) is 3. The number of carbonyl (C=O) groups excluding carboxylic acids is 2. The molecule has 4 aromatic rings. The summed E-state index contributed by atoms with van der Waals surface area (Å²) in [4.78, 5) is 33.4. The fourth-order valence-electron chi connectivity index (χ4n) is 4.58. The van der Waals surface area contributed by atoms with Crippen LogP contribution in [0.4, 0.5) is 11.4 Å². The van der Waals surface area contributed by atoms with Crippen LogP contribution in [-0.2, 0) is 14.8 Å². The molecule has 2 heterocycles. The molecule has 1 N–H and O–H groups in total. The van der Waals surface area contributed by atoms with Gasteiger partial charge < -0.3 is 14.5 Å². The number of anilines is 2. The number of piperazine rings is 1. The van der Waals surface area contributed by atoms with Crippen molar-refractivity contribution in [2.45, 2.75) is 11.8 Å². The smallest absolute Gasteiger partial charge is 0.338 e. The normalized spacial score (nSPS) is 13.8. The molecule has 1 fully saturated rings. The van der Waals surface area contributed by atoms with E-state index in [1.165, 1.54) is 6.07 Å². The van der Waals surface area contributed by atoms with Crippen LogP contribution >= 0.6 is 0 Å². The third-order valence-electron chi connectivity index (χ3n) is 6.56. The van der Waals surface area contributed by atoms with Gasteiger partial charge in [0.25, 0.3) is 15.9 Å². The van der Waals surface area contributed by atoms with Crippen LogP contribution in [0.15, 0.2) is 90.0 Å². The molecule has 1 saturated heterocycles. The number of aromatic nitrogens is 1. The summed E-state index contributed by atoms with van der Waals surface area (Å²) in [7, 11) is -3.88. The van der Waals surface area contributed by atoms with Crippen LogP contribution in [0.2, 0.25) is 0 Å². The maximum Gasteiger partial charge on any atom is 0.338 e. The Hall–Kier alpha value is -4.44. The zero-order chi connectivity index (χ0) is 27.4. The fourth-order valence-corrected chi connectivity index (χ4v) is 5.82. The summed E-state index contributed by atoms with van der Waals surface area (Å²) in [6.07, 6.45) is 1.56. The lowest BCUT2D eigenvalue weighted by molar-refractivity contribution is 0.0526. The van der Waals surface area contributed by atoms with Crippen molar-refractivity contribution in [3.05, 3.63) is 96.2 Å². The molecule has 1 aliphatic rings. The highest BCUT2D eigenvalue weighted by molar-refractivity contribution is 7.93. The molecule has 200 valence electrons. The summed E-state index contributed by atoms with van der Waals surface area (Å²) in [5.74, 6) is -0.477. The van der Waals surface area contributed by atoms with Gasteiger partial charge in [0.05, 0.1) is 17.7 Å². The number of ether oxygens (including phenoxy) is 1. The molecule has 9 nitrogen and oxygen atoms in total. The van der Waals surface area contributed by atoms with Crippen molar-refractivity contribution in [3.8, 4) is 0 Å². The van der Waals surface area contributed by atoms with E-state index in [0.29, 0.717) is 55.1 Å². The summed E-state index contributed by atoms with van der Waals surface area (Å²) >= 11 is 0. The Balaban J connectivity index is 1.22. The minimum absolute atomic E-state index is 0.0893. The van der Waals surface area contributed by atoms with Gasteiger partial charge in [0.2, 0.25) is 0 Å². The highest BCUT2D eigenvalue weighted by atomic mass is 32.2. The van der Waals surface area contributed by atoms with Crippen LogP contribution in [0.25, 0.3) is 10.9 Å². The zero-order valence-corrected chi connectivity index (χ0v) is 22.2. The van der Waals surface area contributed by atoms with Crippen molar-refractivity contribution in [1.29, 1.82) is 0 Å². The predicted octanol–water partition coefficient (Wildman–Crippen LogP) is 4.17. The molecule has 3 aromatic carbocycles. The lowest BCUT2D eigenvalue weighted by Gasteiger charge is -2.36. The van der Waals surface area contributed by atoms with Crippen molar-refractivity contribution in [1.82, 2.24) is 9.88 Å². The number of nitrogens with one attached hydrogen (secondary N) is 1. The third-order valence-corrected chi connectivity index (χ3v) is 7.97. The number of carbonyl (C=O) groups is 2. The predicted molar refractivity (Wildman–Crippen MR) is 150 cm³/mol. The monoisotopic (exact) mass is 544 g/mol. The van der Waals surface area contributed by atoms with Gasteiger partial charge in [-0.25, -0.2) is 13.2 Å². The van der Waals surface area contributed by atoms with Gasteiger partial charge in [-0.1, -0.05) is 24.3 Å². The van der Waals surface area contributed by atoms with Gasteiger partial charge in [0.1, 0.15) is 4.90 Å². The maximum atomic E-state index is 13.1. The van der Waals surface area contributed by atoms with Gasteiger partial charge in [-0.2, -0.15) is 0 Å². The Bertz CT molecular complexity index is 1610. The summed E-state index contributed by atoms with van der Waals surface area (Å²) in [5.41, 5.74) is 2.63. The van der Waals surface area contributed by atoms with E-state index in [1.54, 1.807) is 60.5 Å². The van der Waals surface area contributed by atoms with E-state index < -0.39 is 10.0 Å². The number of fused-ring (bicyclic) bond motifs is 1. The molecule has 1 aromatic heterocycles. The molecule has 1 aliphatic heterocycles. The Morgan fingerprint density at radius 1 is 0.897 bits per heavy atom. The summed E-state index contributed by atoms with van der Waals surface area (Å²) < 4.78 is 33.8. The van der Waals surface area contributed by atoms with Gasteiger partial charge in [-0.3, -0.25) is 14.5 Å². The van der Waals surface area contributed by atoms with Gasteiger partial charge in [0, 0.05) is 54.7 Å². The molecular formula is C29H28N4O5S. The number of hydrogen-bond donors (Lipinski definition) is 1. The van der Waals surface area contributed by atoms with E-state index in [0.717, 1.165) is 11.1 Å². The second-order valence-corrected chi connectivity index (χ2v) is 10.7. The van der Waals surface area contributed by atoms with E-state index in [1.807, 2.05) is 30.3 Å². The standard InChI is InChI=1S/C29H28N4O5S/c1-2-38-29(35)23-7-3-9-25(20-23)32-16-18-33(19-17-32)28(34)22-11-13-24(14-12-22)31-39(36,37)26-10-4-6-21-8-5-15-30-27(21)26/h3-15,20,31H,2,16-19H2,1H3. The number of pyridine rings is 1. The van der Waals surface area contributed by atoms with Crippen LogP contribution in [0.3, 0.4) is 0 Å². The van der Waals surface area contributed by atoms with Crippen molar-refractivity contribution < 1.29 is 22.7 Å². The van der Waals surface area contributed by atoms with Crippen molar-refractivity contribution in [2.24, 2.45) is 0 Å². The second-order valence-electron chi connectivity index (χ2n) is 9.06. The van der Waals surface area contributed by atoms with E-state index >= 15 is 0 Å². The molecule has 0 radical (unpaired) electrons. The van der Waals surface area contributed by atoms with E-state index in [9.17, 15) is 18.0 Å². The Morgan fingerprint density at radius 3 is 2.36 bits per heavy atom. The van der Waals surface area contributed by atoms with Crippen LogP contribution < -0.4 is 9.62 Å². The van der Waals surface area contributed by atoms with Crippen molar-refractivity contribution in [2.75, 3.05) is 42.4 Å². The van der Waals surface area contributed by atoms with Gasteiger partial charge in [0.15, 0.2) is 0 Å². The molecule has 0 spiro atoms. The molecule has 0 atom stereocenters. The second kappa shape index (κ2) is 11.1. The maximum absolute atomic E-state index is 13.1. The number of hydrogen-bond acceptors (Lipinski definition) is 7. The molecule has 39 heavy (non-hydrogen) atoms. The van der Waals surface area contributed by atoms with Gasteiger partial charge in [-0.05, 0) is 61.5 Å². The molecule has 0 unspecified atom stereocenters. The lowest BCUT2D eigenvalue weighted by atomic mass is 10.1. The number of para-hydroxylation sites is 1. The van der Waals surface area contributed by atoms with E-state index in [4.69, 9.17) is 4.74 Å². The minimum atomic E-state index is -3.88. The largest absolute Gasteiger partial charge is 0.462 e. The highest BCUT2D eigenvalue weighted by Crippen LogP contribution is 2.24. The quantitative estimate of drug-likeness (QED) is 0.348. The Kier molecular flexibility index (Phi) is 7.47. The minimum Gasteiger partial charge on any atom is -0.462 e. The Labute approximate surface area is 227 Å². The van der Waals surface area contributed by atoms with Gasteiger partial charge >= 0.3 is 5.97 Å². The average Bonchev–Trinajstić information content (AvgIpc) is 2.97.